The summed E-state index contributed by atoms with van der Waals surface area (Å²) in [6.45, 7) is 6.61. The quantitative estimate of drug-likeness (QED) is 0.709. The van der Waals surface area contributed by atoms with Crippen molar-refractivity contribution in [2.45, 2.75) is 51.6 Å². The minimum absolute atomic E-state index is 0.425. The summed E-state index contributed by atoms with van der Waals surface area (Å²) in [6, 6.07) is 0.466. The fourth-order valence-corrected chi connectivity index (χ4v) is 2.98. The fraction of sp³-hybridized carbons (Fsp3) is 1.00. The Morgan fingerprint density at radius 3 is 2.38 bits per heavy atom. The molecule has 96 valence electrons. The van der Waals surface area contributed by atoms with Gasteiger partial charge in [-0.25, -0.2) is 13.1 Å². The van der Waals surface area contributed by atoms with Crippen molar-refractivity contribution in [2.24, 2.45) is 5.92 Å². The summed E-state index contributed by atoms with van der Waals surface area (Å²) in [5, 5.41) is 3.39. The van der Waals surface area contributed by atoms with E-state index in [-0.39, 0.29) is 0 Å². The highest BCUT2D eigenvalue weighted by Gasteiger charge is 2.26. The largest absolute Gasteiger partial charge is 0.312 e. The molecule has 1 atom stereocenters. The molecule has 1 rings (SSSR count). The molecule has 0 saturated heterocycles. The summed E-state index contributed by atoms with van der Waals surface area (Å²) in [6.07, 6.45) is 5.12. The molecule has 5 heteroatoms. The average molecular weight is 248 g/mol. The van der Waals surface area contributed by atoms with E-state index in [1.807, 2.05) is 13.8 Å². The summed E-state index contributed by atoms with van der Waals surface area (Å²) in [5.74, 6) is 0.897. The van der Waals surface area contributed by atoms with Gasteiger partial charge in [-0.05, 0) is 33.1 Å². The Balaban J connectivity index is 2.28. The van der Waals surface area contributed by atoms with E-state index in [2.05, 4.69) is 17.0 Å². The Morgan fingerprint density at radius 1 is 1.38 bits per heavy atom. The molecular weight excluding hydrogens is 224 g/mol. The van der Waals surface area contributed by atoms with E-state index in [1.165, 1.54) is 25.5 Å². The molecule has 1 aliphatic rings. The minimum atomic E-state index is -3.13. The molecule has 0 aromatic rings. The first-order valence-corrected chi connectivity index (χ1v) is 7.79. The summed E-state index contributed by atoms with van der Waals surface area (Å²) in [5.41, 5.74) is -0.425. The van der Waals surface area contributed by atoms with Gasteiger partial charge in [-0.2, -0.15) is 0 Å². The van der Waals surface area contributed by atoms with Crippen LogP contribution < -0.4 is 10.0 Å². The van der Waals surface area contributed by atoms with Crippen molar-refractivity contribution in [3.8, 4) is 0 Å². The van der Waals surface area contributed by atoms with Gasteiger partial charge in [0.25, 0.3) is 0 Å². The summed E-state index contributed by atoms with van der Waals surface area (Å²) in [4.78, 5) is 0. The van der Waals surface area contributed by atoms with Crippen LogP contribution in [0.4, 0.5) is 0 Å². The molecule has 0 radical (unpaired) electrons. The molecule has 0 heterocycles. The smallest absolute Gasteiger partial charge is 0.209 e. The van der Waals surface area contributed by atoms with Crippen LogP contribution in [0.15, 0.2) is 0 Å². The van der Waals surface area contributed by atoms with Crippen molar-refractivity contribution in [2.75, 3.05) is 12.8 Å². The highest BCUT2D eigenvalue weighted by molar-refractivity contribution is 7.88. The highest BCUT2D eigenvalue weighted by Crippen LogP contribution is 2.33. The Kier molecular flexibility index (Phi) is 4.37. The number of hydrogen-bond acceptors (Lipinski definition) is 3. The molecule has 0 spiro atoms. The molecule has 0 amide bonds. The van der Waals surface area contributed by atoms with Crippen LogP contribution in [0.25, 0.3) is 0 Å². The van der Waals surface area contributed by atoms with E-state index in [0.717, 1.165) is 5.92 Å². The lowest BCUT2D eigenvalue weighted by atomic mass is 10.1. The van der Waals surface area contributed by atoms with Crippen LogP contribution in [0.5, 0.6) is 0 Å². The third-order valence-electron chi connectivity index (χ3n) is 2.74. The summed E-state index contributed by atoms with van der Waals surface area (Å²) in [7, 11) is -3.13. The number of hydrogen-bond donors (Lipinski definition) is 2. The van der Waals surface area contributed by atoms with Gasteiger partial charge in [-0.3, -0.25) is 0 Å². The van der Waals surface area contributed by atoms with Gasteiger partial charge in [0.05, 0.1) is 6.26 Å². The Labute approximate surface area is 99.2 Å². The summed E-state index contributed by atoms with van der Waals surface area (Å²) < 4.78 is 24.9. The number of rotatable bonds is 7. The van der Waals surface area contributed by atoms with E-state index < -0.39 is 15.6 Å². The van der Waals surface area contributed by atoms with Gasteiger partial charge in [-0.1, -0.05) is 12.8 Å². The van der Waals surface area contributed by atoms with Gasteiger partial charge in [0.2, 0.25) is 10.0 Å². The monoisotopic (exact) mass is 248 g/mol. The standard InChI is InChI=1S/C11H24N2O2S/c1-9(7-10-5-6-10)12-8-11(2,3)13-16(4,14)15/h9-10,12-13H,5-8H2,1-4H3. The van der Waals surface area contributed by atoms with E-state index >= 15 is 0 Å². The molecule has 1 saturated carbocycles. The normalized spacial score (nSPS) is 19.8. The Hall–Kier alpha value is -0.130. The summed E-state index contributed by atoms with van der Waals surface area (Å²) >= 11 is 0. The van der Waals surface area contributed by atoms with Gasteiger partial charge in [0, 0.05) is 18.1 Å². The maximum absolute atomic E-state index is 11.1. The van der Waals surface area contributed by atoms with Crippen molar-refractivity contribution < 1.29 is 8.42 Å². The molecule has 0 bridgehead atoms. The average Bonchev–Trinajstić information content (AvgIpc) is 2.80. The number of sulfonamides is 1. The second-order valence-corrected chi connectivity index (χ2v) is 7.47. The molecule has 0 aromatic carbocycles. The molecule has 4 nitrogen and oxygen atoms in total. The van der Waals surface area contributed by atoms with Crippen LogP contribution >= 0.6 is 0 Å². The maximum atomic E-state index is 11.1. The molecule has 1 fully saturated rings. The lowest BCUT2D eigenvalue weighted by Gasteiger charge is -2.27. The zero-order chi connectivity index (χ0) is 12.4. The first kappa shape index (κ1) is 13.9. The third-order valence-corrected chi connectivity index (χ3v) is 3.66. The zero-order valence-corrected chi connectivity index (χ0v) is 11.5. The SMILES string of the molecule is CC(CC1CC1)NCC(C)(C)NS(C)(=O)=O. The van der Waals surface area contributed by atoms with Crippen molar-refractivity contribution in [1.82, 2.24) is 10.0 Å². The topological polar surface area (TPSA) is 58.2 Å². The van der Waals surface area contributed by atoms with E-state index in [1.54, 1.807) is 0 Å². The first-order chi connectivity index (χ1) is 7.18. The van der Waals surface area contributed by atoms with E-state index in [9.17, 15) is 8.42 Å². The van der Waals surface area contributed by atoms with Crippen LogP contribution in [0.1, 0.15) is 40.0 Å². The first-order valence-electron chi connectivity index (χ1n) is 5.90. The fourth-order valence-electron chi connectivity index (χ4n) is 1.90. The van der Waals surface area contributed by atoms with Gasteiger partial charge < -0.3 is 5.32 Å². The second kappa shape index (κ2) is 5.02. The van der Waals surface area contributed by atoms with Gasteiger partial charge >= 0.3 is 0 Å². The van der Waals surface area contributed by atoms with Crippen LogP contribution in [0.3, 0.4) is 0 Å². The van der Waals surface area contributed by atoms with Crippen LogP contribution in [0, 0.1) is 5.92 Å². The van der Waals surface area contributed by atoms with E-state index in [4.69, 9.17) is 0 Å². The van der Waals surface area contributed by atoms with Crippen molar-refractivity contribution >= 4 is 10.0 Å². The molecule has 1 unspecified atom stereocenters. The maximum Gasteiger partial charge on any atom is 0.209 e. The number of nitrogens with one attached hydrogen (secondary N) is 2. The minimum Gasteiger partial charge on any atom is -0.312 e. The molecule has 0 aromatic heterocycles. The van der Waals surface area contributed by atoms with Gasteiger partial charge in [0.15, 0.2) is 0 Å². The third kappa shape index (κ3) is 6.45. The van der Waals surface area contributed by atoms with Crippen LogP contribution in [0.2, 0.25) is 0 Å². The predicted octanol–water partition coefficient (Wildman–Crippen LogP) is 1.09. The highest BCUT2D eigenvalue weighted by atomic mass is 32.2. The second-order valence-electron chi connectivity index (χ2n) is 5.72. The lowest BCUT2D eigenvalue weighted by molar-refractivity contribution is 0.381. The predicted molar refractivity (Wildman–Crippen MR) is 66.9 cm³/mol. The lowest BCUT2D eigenvalue weighted by Crippen LogP contribution is -2.51. The van der Waals surface area contributed by atoms with Gasteiger partial charge in [0.1, 0.15) is 0 Å². The van der Waals surface area contributed by atoms with Gasteiger partial charge in [-0.15, -0.1) is 0 Å². The van der Waals surface area contributed by atoms with Crippen LogP contribution in [-0.4, -0.2) is 32.8 Å². The zero-order valence-electron chi connectivity index (χ0n) is 10.7. The molecule has 1 aliphatic carbocycles. The van der Waals surface area contributed by atoms with Crippen molar-refractivity contribution in [3.63, 3.8) is 0 Å². The van der Waals surface area contributed by atoms with Crippen LogP contribution in [-0.2, 0) is 10.0 Å². The molecule has 0 aliphatic heterocycles. The van der Waals surface area contributed by atoms with Crippen molar-refractivity contribution in [3.05, 3.63) is 0 Å². The Morgan fingerprint density at radius 2 is 1.94 bits per heavy atom. The van der Waals surface area contributed by atoms with E-state index in [0.29, 0.717) is 12.6 Å². The molecule has 2 N–H and O–H groups in total. The molecular formula is C11H24N2O2S. The Bertz CT molecular complexity index is 321. The van der Waals surface area contributed by atoms with Crippen molar-refractivity contribution in [1.29, 1.82) is 0 Å². The molecule has 16 heavy (non-hydrogen) atoms.